The molecule has 106 valence electrons. The first-order valence-electron chi connectivity index (χ1n) is 6.20. The molecule has 0 aliphatic rings. The summed E-state index contributed by atoms with van der Waals surface area (Å²) in [6, 6.07) is 14.0. The van der Waals surface area contributed by atoms with Gasteiger partial charge in [-0.2, -0.15) is 0 Å². The Morgan fingerprint density at radius 1 is 0.800 bits per heavy atom. The molecule has 0 radical (unpaired) electrons. The summed E-state index contributed by atoms with van der Waals surface area (Å²) in [5.41, 5.74) is 2.15. The summed E-state index contributed by atoms with van der Waals surface area (Å²) >= 11 is 3.72. The summed E-state index contributed by atoms with van der Waals surface area (Å²) in [7, 11) is 4.85. The summed E-state index contributed by atoms with van der Waals surface area (Å²) in [5.74, 6) is 1.94. The lowest BCUT2D eigenvalue weighted by Gasteiger charge is -2.19. The Labute approximate surface area is 127 Å². The normalized spacial score (nSPS) is 11.8. The van der Waals surface area contributed by atoms with Crippen molar-refractivity contribution in [3.63, 3.8) is 0 Å². The maximum atomic E-state index is 5.52. The number of hydrogen-bond acceptors (Lipinski definition) is 3. The molecule has 2 rings (SSSR count). The molecule has 0 saturated heterocycles. The largest absolute Gasteiger partial charge is 0.493 e. The first-order chi connectivity index (χ1) is 9.72. The number of hydrogen-bond donors (Lipinski definition) is 0. The molecule has 0 aliphatic heterocycles. The van der Waals surface area contributed by atoms with Crippen LogP contribution in [0.4, 0.5) is 0 Å². The van der Waals surface area contributed by atoms with Gasteiger partial charge in [0.1, 0.15) is 0 Å². The lowest BCUT2D eigenvalue weighted by Crippen LogP contribution is -2.01. The zero-order chi connectivity index (χ0) is 14.5. The van der Waals surface area contributed by atoms with Crippen molar-refractivity contribution in [3.05, 3.63) is 53.6 Å². The Morgan fingerprint density at radius 2 is 1.45 bits per heavy atom. The van der Waals surface area contributed by atoms with Crippen LogP contribution in [-0.2, 0) is 0 Å². The van der Waals surface area contributed by atoms with Crippen LogP contribution in [0.25, 0.3) is 0 Å². The van der Waals surface area contributed by atoms with Crippen LogP contribution in [0, 0.1) is 0 Å². The summed E-state index contributed by atoms with van der Waals surface area (Å²) < 4.78 is 16.2. The maximum absolute atomic E-state index is 5.52. The van der Waals surface area contributed by atoms with E-state index in [1.54, 1.807) is 21.3 Å². The minimum atomic E-state index is 0.0263. The highest BCUT2D eigenvalue weighted by Crippen LogP contribution is 2.45. The van der Waals surface area contributed by atoms with Crippen LogP contribution in [0.1, 0.15) is 16.0 Å². The fraction of sp³-hybridized carbons (Fsp3) is 0.250. The van der Waals surface area contributed by atoms with Crippen molar-refractivity contribution in [2.75, 3.05) is 21.3 Å². The van der Waals surface area contributed by atoms with Crippen molar-refractivity contribution < 1.29 is 14.2 Å². The van der Waals surface area contributed by atoms with Gasteiger partial charge in [-0.3, -0.25) is 0 Å². The highest BCUT2D eigenvalue weighted by molar-refractivity contribution is 9.09. The molecule has 0 aliphatic carbocycles. The predicted octanol–water partition coefficient (Wildman–Crippen LogP) is 4.20. The van der Waals surface area contributed by atoms with Crippen LogP contribution in [0.5, 0.6) is 17.2 Å². The van der Waals surface area contributed by atoms with Crippen molar-refractivity contribution in [1.29, 1.82) is 0 Å². The van der Waals surface area contributed by atoms with Gasteiger partial charge >= 0.3 is 0 Å². The zero-order valence-corrected chi connectivity index (χ0v) is 13.3. The number of methoxy groups -OCH3 is 3. The van der Waals surface area contributed by atoms with Crippen LogP contribution in [0.15, 0.2) is 42.5 Å². The molecule has 3 nitrogen and oxygen atoms in total. The molecule has 0 saturated carbocycles. The molecule has 2 aromatic carbocycles. The standard InChI is InChI=1S/C16H17BrO3/c1-18-13-10-9-12(15(19-2)16(13)20-3)14(17)11-7-5-4-6-8-11/h4-10,14H,1-3H3. The van der Waals surface area contributed by atoms with Gasteiger partial charge in [-0.15, -0.1) is 0 Å². The summed E-state index contributed by atoms with van der Waals surface area (Å²) in [6.07, 6.45) is 0. The molecule has 0 N–H and O–H groups in total. The highest BCUT2D eigenvalue weighted by Gasteiger charge is 2.21. The molecule has 0 fully saturated rings. The smallest absolute Gasteiger partial charge is 0.203 e. The van der Waals surface area contributed by atoms with Crippen LogP contribution in [0.2, 0.25) is 0 Å². The van der Waals surface area contributed by atoms with E-state index < -0.39 is 0 Å². The van der Waals surface area contributed by atoms with E-state index >= 15 is 0 Å². The second kappa shape index (κ2) is 6.66. The number of halogens is 1. The van der Waals surface area contributed by atoms with Crippen molar-refractivity contribution in [2.24, 2.45) is 0 Å². The quantitative estimate of drug-likeness (QED) is 0.766. The molecule has 1 unspecified atom stereocenters. The van der Waals surface area contributed by atoms with E-state index in [0.29, 0.717) is 17.2 Å². The third-order valence-corrected chi connectivity index (χ3v) is 4.12. The Morgan fingerprint density at radius 3 is 2.00 bits per heavy atom. The fourth-order valence-corrected chi connectivity index (χ4v) is 2.79. The van der Waals surface area contributed by atoms with Gasteiger partial charge in [0.2, 0.25) is 5.75 Å². The molecule has 2 aromatic rings. The molecular formula is C16H17BrO3. The van der Waals surface area contributed by atoms with Gasteiger partial charge in [-0.1, -0.05) is 46.3 Å². The van der Waals surface area contributed by atoms with E-state index in [1.165, 1.54) is 0 Å². The topological polar surface area (TPSA) is 27.7 Å². The molecule has 0 bridgehead atoms. The Balaban J connectivity index is 2.51. The molecule has 0 aromatic heterocycles. The number of ether oxygens (including phenoxy) is 3. The van der Waals surface area contributed by atoms with Crippen molar-refractivity contribution >= 4 is 15.9 Å². The van der Waals surface area contributed by atoms with E-state index in [-0.39, 0.29) is 4.83 Å². The van der Waals surface area contributed by atoms with Gasteiger partial charge in [0.05, 0.1) is 26.2 Å². The molecule has 0 heterocycles. The third-order valence-electron chi connectivity index (χ3n) is 3.10. The minimum Gasteiger partial charge on any atom is -0.493 e. The van der Waals surface area contributed by atoms with Gasteiger partial charge in [-0.05, 0) is 17.7 Å². The van der Waals surface area contributed by atoms with Crippen molar-refractivity contribution in [3.8, 4) is 17.2 Å². The summed E-state index contributed by atoms with van der Waals surface area (Å²) in [5, 5.41) is 0. The molecule has 0 spiro atoms. The van der Waals surface area contributed by atoms with E-state index in [4.69, 9.17) is 14.2 Å². The van der Waals surface area contributed by atoms with Crippen LogP contribution in [0.3, 0.4) is 0 Å². The monoisotopic (exact) mass is 336 g/mol. The molecule has 4 heteroatoms. The van der Waals surface area contributed by atoms with Crippen molar-refractivity contribution in [1.82, 2.24) is 0 Å². The highest BCUT2D eigenvalue weighted by atomic mass is 79.9. The van der Waals surface area contributed by atoms with E-state index in [2.05, 4.69) is 28.1 Å². The minimum absolute atomic E-state index is 0.0263. The molecule has 0 amide bonds. The van der Waals surface area contributed by atoms with E-state index in [9.17, 15) is 0 Å². The van der Waals surface area contributed by atoms with Crippen molar-refractivity contribution in [2.45, 2.75) is 4.83 Å². The van der Waals surface area contributed by atoms with Crippen LogP contribution in [-0.4, -0.2) is 21.3 Å². The first kappa shape index (κ1) is 14.7. The fourth-order valence-electron chi connectivity index (χ4n) is 2.13. The Bertz CT molecular complexity index is 569. The Hall–Kier alpha value is -1.68. The second-order valence-corrected chi connectivity index (χ2v) is 5.11. The summed E-state index contributed by atoms with van der Waals surface area (Å²) in [4.78, 5) is 0.0263. The average molecular weight is 337 g/mol. The van der Waals surface area contributed by atoms with Gasteiger partial charge in [0.25, 0.3) is 0 Å². The zero-order valence-electron chi connectivity index (χ0n) is 11.7. The lowest BCUT2D eigenvalue weighted by molar-refractivity contribution is 0.322. The lowest BCUT2D eigenvalue weighted by atomic mass is 10.0. The van der Waals surface area contributed by atoms with Crippen LogP contribution < -0.4 is 14.2 Å². The van der Waals surface area contributed by atoms with Gasteiger partial charge in [0, 0.05) is 5.56 Å². The predicted molar refractivity (Wildman–Crippen MR) is 83.3 cm³/mol. The van der Waals surface area contributed by atoms with E-state index in [1.807, 2.05) is 30.3 Å². The van der Waals surface area contributed by atoms with Crippen LogP contribution >= 0.6 is 15.9 Å². The Kier molecular flexibility index (Phi) is 4.90. The number of rotatable bonds is 5. The molecule has 1 atom stereocenters. The first-order valence-corrected chi connectivity index (χ1v) is 7.12. The second-order valence-electron chi connectivity index (χ2n) is 4.20. The maximum Gasteiger partial charge on any atom is 0.203 e. The molecule has 20 heavy (non-hydrogen) atoms. The van der Waals surface area contributed by atoms with E-state index in [0.717, 1.165) is 11.1 Å². The SMILES string of the molecule is COc1ccc(C(Br)c2ccccc2)c(OC)c1OC. The number of benzene rings is 2. The average Bonchev–Trinajstić information content (AvgIpc) is 2.53. The van der Waals surface area contributed by atoms with Gasteiger partial charge in [-0.25, -0.2) is 0 Å². The van der Waals surface area contributed by atoms with Gasteiger partial charge in [0.15, 0.2) is 11.5 Å². The number of alkyl halides is 1. The summed E-state index contributed by atoms with van der Waals surface area (Å²) in [6.45, 7) is 0. The third kappa shape index (κ3) is 2.75. The molecular weight excluding hydrogens is 320 g/mol. The van der Waals surface area contributed by atoms with Gasteiger partial charge < -0.3 is 14.2 Å².